The third kappa shape index (κ3) is 23.9. The van der Waals surface area contributed by atoms with E-state index in [1.54, 1.807) is 12.1 Å². The molecule has 1 aliphatic heterocycles. The Kier molecular flexibility index (Phi) is 30.2. The zero-order valence-corrected chi connectivity index (χ0v) is 33.6. The maximum Gasteiger partial charge on any atom is 0.454 e. The van der Waals surface area contributed by atoms with Gasteiger partial charge in [-0.1, -0.05) is 94.1 Å². The first-order valence-corrected chi connectivity index (χ1v) is 17.9. The number of ketones is 1. The van der Waals surface area contributed by atoms with E-state index in [2.05, 4.69) is 80.7 Å². The van der Waals surface area contributed by atoms with Gasteiger partial charge in [-0.25, -0.2) is 0 Å². The van der Waals surface area contributed by atoms with E-state index in [0.717, 1.165) is 42.1 Å². The number of benzene rings is 3. The Labute approximate surface area is 347 Å². The molecule has 3 aromatic carbocycles. The van der Waals surface area contributed by atoms with E-state index in [9.17, 15) is 44.7 Å². The topological polar surface area (TPSA) is 128 Å². The second-order valence-corrected chi connectivity index (χ2v) is 12.9. The Morgan fingerprint density at radius 3 is 1.91 bits per heavy atom. The molecule has 0 atom stereocenters. The van der Waals surface area contributed by atoms with E-state index in [1.165, 1.54) is 28.8 Å². The predicted molar refractivity (Wildman–Crippen MR) is 212 cm³/mol. The maximum atomic E-state index is 11.4. The molecule has 4 rings (SSSR count). The number of phenols is 1. The van der Waals surface area contributed by atoms with E-state index < -0.39 is 40.1 Å². The average molecular weight is 906 g/mol. The largest absolute Gasteiger partial charge is 0.507 e. The van der Waals surface area contributed by atoms with Crippen molar-refractivity contribution < 1.29 is 76.1 Å². The number of aromatic hydroxyl groups is 1. The van der Waals surface area contributed by atoms with Crippen molar-refractivity contribution in [2.45, 2.75) is 87.2 Å². The quantitative estimate of drug-likeness (QED) is 0.0569. The number of carbonyl (C=O) groups is 1. The van der Waals surface area contributed by atoms with Gasteiger partial charge in [0.2, 0.25) is 5.76 Å². The number of fused-ring (bicyclic) bond motifs is 1. The van der Waals surface area contributed by atoms with Crippen molar-refractivity contribution in [2.24, 2.45) is 0 Å². The van der Waals surface area contributed by atoms with Crippen molar-refractivity contribution in [3.8, 4) is 11.5 Å². The van der Waals surface area contributed by atoms with Gasteiger partial charge in [-0.3, -0.25) is 14.2 Å². The second-order valence-electron chi connectivity index (χ2n) is 11.5. The third-order valence-corrected chi connectivity index (χ3v) is 7.62. The van der Waals surface area contributed by atoms with Crippen LogP contribution in [0.5, 0.6) is 11.5 Å². The summed E-state index contributed by atoms with van der Waals surface area (Å²) in [6.07, 6.45) is -11.7. The molecule has 3 aromatic rings. The Balaban J connectivity index is -0.000000202. The molecule has 9 nitrogen and oxygen atoms in total. The summed E-state index contributed by atoms with van der Waals surface area (Å²) >= 11 is 4.03. The van der Waals surface area contributed by atoms with Crippen LogP contribution in [0.2, 0.25) is 0 Å². The van der Waals surface area contributed by atoms with Gasteiger partial charge in [-0.05, 0) is 80.1 Å². The number of rotatable bonds is 5. The van der Waals surface area contributed by atoms with Crippen molar-refractivity contribution in [1.29, 1.82) is 1.28 Å². The molecule has 0 aliphatic carbocycles. The van der Waals surface area contributed by atoms with Gasteiger partial charge in [0.25, 0.3) is 15.9 Å². The number of hydrogen-bond donors (Lipinski definition) is 3. The summed E-state index contributed by atoms with van der Waals surface area (Å²) in [5.74, 6) is -3.85. The van der Waals surface area contributed by atoms with Gasteiger partial charge in [-0.2, -0.15) is 34.8 Å². The smallest absolute Gasteiger partial charge is 0.454 e. The molecule has 1 aliphatic rings. The standard InChI is InChI=1S/C12H19NO.C10H13NO.C7H8O3S.C5H2F6O2.3CH4.Mn.HPS/c1-5-13(4)8-11-7-9(2)6-10(3)12(11)14;1-8-3-4-10-9(5-8)6-11(2)7-12-10;1-6-2-4-7(5-3-6)11(8,9)10;6-4(7,8)2(12)1-3(13)5(9,10)11;;;;;1-2/h6-7,14H,5,8H2,1-4H3;3-5H,6-7H2,1-2H3;2-5H,1H3,(H,8,9,10);1,12H;3*1H4;;1H/b;;;2-1-;;;;;/i;;;;;;;;1T. The van der Waals surface area contributed by atoms with Crippen LogP contribution < -0.4 is 4.74 Å². The Bertz CT molecular complexity index is 1790. The van der Waals surface area contributed by atoms with Crippen molar-refractivity contribution in [1.82, 2.24) is 9.80 Å². The predicted octanol–water partition coefficient (Wildman–Crippen LogP) is 10.1. The summed E-state index contributed by atoms with van der Waals surface area (Å²) in [7, 11) is 0.344. The van der Waals surface area contributed by atoms with Crippen LogP contribution in [0.4, 0.5) is 26.3 Å². The Morgan fingerprint density at radius 1 is 0.964 bits per heavy atom. The zero-order valence-electron chi connectivity index (χ0n) is 30.9. The first-order chi connectivity index (χ1) is 24.3. The minimum absolute atomic E-state index is 0. The molecule has 321 valence electrons. The molecule has 0 unspecified atom stereocenters. The number of allylic oxidation sites excluding steroid dienone is 2. The number of hydrogen-bond acceptors (Lipinski definition) is 9. The number of alkyl halides is 6. The van der Waals surface area contributed by atoms with Gasteiger partial charge in [0, 0.05) is 47.4 Å². The van der Waals surface area contributed by atoms with Gasteiger partial charge in [0.15, 0.2) is 0 Å². The molecule has 0 aromatic heterocycles. The monoisotopic (exact) mass is 905 g/mol. The molecular weight excluding hydrogens is 848 g/mol. The second kappa shape index (κ2) is 28.3. The van der Waals surface area contributed by atoms with Crippen LogP contribution in [0.25, 0.3) is 0 Å². The third-order valence-electron chi connectivity index (χ3n) is 6.76. The number of aryl methyl sites for hydroxylation is 4. The van der Waals surface area contributed by atoms with Crippen LogP contribution in [0.1, 0.15) is 62.6 Å². The summed E-state index contributed by atoms with van der Waals surface area (Å²) in [4.78, 5) is 14.1. The van der Waals surface area contributed by atoms with E-state index in [0.29, 0.717) is 12.5 Å². The molecule has 0 saturated heterocycles. The molecule has 56 heavy (non-hydrogen) atoms. The number of halogens is 6. The van der Waals surface area contributed by atoms with Crippen molar-refractivity contribution in [3.05, 3.63) is 99.8 Å². The van der Waals surface area contributed by atoms with Crippen molar-refractivity contribution >= 4 is 35.7 Å². The Hall–Kier alpha value is -3.08. The number of phenolic OH excluding ortho intramolecular Hbond substituents is 1. The number of aliphatic hydroxyl groups is 1. The molecule has 0 fully saturated rings. The van der Waals surface area contributed by atoms with Gasteiger partial charge in [0.05, 0.1) is 4.90 Å². The van der Waals surface area contributed by atoms with Crippen LogP contribution in [-0.2, 0) is 56.9 Å². The average Bonchev–Trinajstić information content (AvgIpc) is 3.03. The van der Waals surface area contributed by atoms with Gasteiger partial charge < -0.3 is 19.8 Å². The van der Waals surface area contributed by atoms with Crippen LogP contribution in [0, 0.1) is 27.7 Å². The van der Waals surface area contributed by atoms with Crippen LogP contribution in [0.3, 0.4) is 0 Å². The summed E-state index contributed by atoms with van der Waals surface area (Å²) < 4.78 is 109. The van der Waals surface area contributed by atoms with E-state index in [-0.39, 0.29) is 52.2 Å². The fourth-order valence-corrected chi connectivity index (χ4v) is 4.54. The molecule has 0 amide bonds. The minimum Gasteiger partial charge on any atom is -0.507 e. The maximum absolute atomic E-state index is 11.4. The van der Waals surface area contributed by atoms with E-state index in [4.69, 9.17) is 15.7 Å². The number of nitrogens with zero attached hydrogens (tertiary/aromatic N) is 2. The molecule has 1 heterocycles. The number of aliphatic hydroxyl groups excluding tert-OH is 1. The normalized spacial score (nSPS) is 12.3. The first-order valence-electron chi connectivity index (χ1n) is 15.5. The van der Waals surface area contributed by atoms with E-state index >= 15 is 0 Å². The SMILES string of the molecule is C.C.C.CCN(C)Cc1cc(C)cc(C)c1O.Cc1ccc(S(=O)(=O)O)cc1.Cc1ccc2c(c1)CN(C)CO2.O=C(/C=C(\O)C(F)(F)F)C(F)(F)F.[3H]P=S.[Mn]. The molecule has 0 spiro atoms. The molecule has 19 heteroatoms. The van der Waals surface area contributed by atoms with E-state index in [1.807, 2.05) is 19.9 Å². The summed E-state index contributed by atoms with van der Waals surface area (Å²) in [5, 5.41) is 17.8. The van der Waals surface area contributed by atoms with Crippen LogP contribution >= 0.6 is 7.96 Å². The molecular formula is C37H55F6MnN2O7PS2. The zero-order chi connectivity index (χ0) is 41.3. The van der Waals surface area contributed by atoms with Crippen LogP contribution in [0.15, 0.2) is 71.3 Å². The van der Waals surface area contributed by atoms with Gasteiger partial charge >= 0.3 is 12.4 Å². The first kappa shape index (κ1) is 59.6. The van der Waals surface area contributed by atoms with Gasteiger partial charge in [-0.15, -0.1) is 0 Å². The van der Waals surface area contributed by atoms with Crippen LogP contribution in [-0.4, -0.2) is 79.8 Å². The van der Waals surface area contributed by atoms with Gasteiger partial charge in [0.1, 0.15) is 19.5 Å². The number of carbonyl (C=O) groups excluding carboxylic acids is 1. The molecule has 3 N–H and O–H groups in total. The Morgan fingerprint density at radius 2 is 1.46 bits per heavy atom. The van der Waals surface area contributed by atoms with Crippen molar-refractivity contribution in [3.63, 3.8) is 0 Å². The summed E-state index contributed by atoms with van der Waals surface area (Å²) in [5.41, 5.74) is 6.74. The number of ether oxygens (including phenoxy) is 1. The molecule has 0 bridgehead atoms. The summed E-state index contributed by atoms with van der Waals surface area (Å²) in [6.45, 7) is 13.6. The fraction of sp³-hybridized carbons (Fsp3) is 0.432. The summed E-state index contributed by atoms with van der Waals surface area (Å²) in [6, 6.07) is 16.4. The minimum atomic E-state index is -5.42. The molecule has 1 radical (unpaired) electrons. The van der Waals surface area contributed by atoms with Crippen molar-refractivity contribution in [2.75, 3.05) is 27.4 Å². The fourth-order valence-electron chi connectivity index (χ4n) is 4.06. The molecule has 0 saturated carbocycles.